The van der Waals surface area contributed by atoms with Crippen LogP contribution in [0.25, 0.3) is 38.6 Å². The van der Waals surface area contributed by atoms with E-state index in [1.807, 2.05) is 0 Å². The lowest BCUT2D eigenvalue weighted by Gasteiger charge is -2.26. The molecule has 0 N–H and O–H groups in total. The summed E-state index contributed by atoms with van der Waals surface area (Å²) in [5.74, 6) is 0. The van der Waals surface area contributed by atoms with E-state index >= 15 is 0 Å². The molecule has 1 heterocycles. The third kappa shape index (κ3) is 4.39. The number of aryl methyl sites for hydroxylation is 1. The summed E-state index contributed by atoms with van der Waals surface area (Å²) in [5, 5.41) is 2.48. The van der Waals surface area contributed by atoms with E-state index in [0.29, 0.717) is 0 Å². The fraction of sp³-hybridized carbons (Fsp3) is 0.0270. The number of hydrogen-bond donors (Lipinski definition) is 0. The van der Waals surface area contributed by atoms with Crippen LogP contribution in [0.1, 0.15) is 5.56 Å². The van der Waals surface area contributed by atoms with Crippen molar-refractivity contribution in [1.82, 2.24) is 4.57 Å². The zero-order valence-electron chi connectivity index (χ0n) is 22.1. The minimum Gasteiger partial charge on any atom is -0.310 e. The Morgan fingerprint density at radius 2 is 1.05 bits per heavy atom. The molecule has 0 saturated heterocycles. The lowest BCUT2D eigenvalue weighted by molar-refractivity contribution is 1.18. The lowest BCUT2D eigenvalue weighted by Crippen LogP contribution is -2.10. The summed E-state index contributed by atoms with van der Waals surface area (Å²) in [6.45, 7) is 2.13. The smallest absolute Gasteiger partial charge is 0.0542 e. The number of aromatic nitrogens is 1. The molecular weight excluding hydrogens is 552 g/mol. The molecule has 0 aliphatic heterocycles. The summed E-state index contributed by atoms with van der Waals surface area (Å²) in [7, 11) is 0. The third-order valence-corrected chi connectivity index (χ3v) is 8.05. The average Bonchev–Trinajstić information content (AvgIpc) is 3.33. The highest BCUT2D eigenvalue weighted by atomic mass is 79.9. The van der Waals surface area contributed by atoms with Crippen molar-refractivity contribution in [3.05, 3.63) is 156 Å². The molecule has 0 unspecified atom stereocenters. The number of anilines is 3. The summed E-state index contributed by atoms with van der Waals surface area (Å²) in [6, 6.07) is 52.2. The lowest BCUT2D eigenvalue weighted by atomic mass is 10.0. The van der Waals surface area contributed by atoms with Crippen molar-refractivity contribution in [2.75, 3.05) is 4.90 Å². The van der Waals surface area contributed by atoms with E-state index in [-0.39, 0.29) is 0 Å². The first-order valence-corrected chi connectivity index (χ1v) is 14.3. The van der Waals surface area contributed by atoms with Gasteiger partial charge in [0.1, 0.15) is 0 Å². The zero-order chi connectivity index (χ0) is 27.1. The van der Waals surface area contributed by atoms with E-state index in [1.165, 1.54) is 44.2 Å². The molecule has 0 spiro atoms. The van der Waals surface area contributed by atoms with Crippen LogP contribution >= 0.6 is 15.9 Å². The van der Waals surface area contributed by atoms with Crippen molar-refractivity contribution in [2.45, 2.75) is 6.92 Å². The Bertz CT molecular complexity index is 1940. The highest BCUT2D eigenvalue weighted by Crippen LogP contribution is 2.40. The molecule has 3 heteroatoms. The van der Waals surface area contributed by atoms with Crippen LogP contribution in [0.4, 0.5) is 17.1 Å². The largest absolute Gasteiger partial charge is 0.310 e. The molecule has 0 atom stereocenters. The molecule has 0 bridgehead atoms. The predicted molar refractivity (Wildman–Crippen MR) is 173 cm³/mol. The van der Waals surface area contributed by atoms with Crippen LogP contribution in [-0.4, -0.2) is 4.57 Å². The molecule has 0 amide bonds. The van der Waals surface area contributed by atoms with Crippen LogP contribution in [0.2, 0.25) is 0 Å². The fourth-order valence-electron chi connectivity index (χ4n) is 5.54. The molecular formula is C37H27BrN2. The van der Waals surface area contributed by atoms with Gasteiger partial charge in [-0.15, -0.1) is 0 Å². The number of benzene rings is 6. The summed E-state index contributed by atoms with van der Waals surface area (Å²) in [6.07, 6.45) is 0. The minimum absolute atomic E-state index is 1.09. The van der Waals surface area contributed by atoms with E-state index < -0.39 is 0 Å². The predicted octanol–water partition coefficient (Wildman–Crippen LogP) is 11.0. The molecule has 1 aromatic heterocycles. The highest BCUT2D eigenvalue weighted by molar-refractivity contribution is 9.10. The monoisotopic (exact) mass is 578 g/mol. The summed E-state index contributed by atoms with van der Waals surface area (Å²) >= 11 is 3.54. The number of para-hydroxylation sites is 2. The summed E-state index contributed by atoms with van der Waals surface area (Å²) < 4.78 is 3.44. The van der Waals surface area contributed by atoms with Gasteiger partial charge in [0, 0.05) is 38.0 Å². The van der Waals surface area contributed by atoms with Gasteiger partial charge in [0.2, 0.25) is 0 Å². The van der Waals surface area contributed by atoms with E-state index in [1.54, 1.807) is 0 Å². The van der Waals surface area contributed by atoms with Crippen LogP contribution in [0.5, 0.6) is 0 Å². The SMILES string of the molecule is Cc1ccc(N(c2ccc(-c3ccc(Br)cc3)cc2)c2ccc3c(c2)c2ccccc2n3-c2ccccc2)cc1. The van der Waals surface area contributed by atoms with Gasteiger partial charge in [-0.1, -0.05) is 94.3 Å². The van der Waals surface area contributed by atoms with Gasteiger partial charge in [-0.2, -0.15) is 0 Å². The topological polar surface area (TPSA) is 8.17 Å². The Labute approximate surface area is 242 Å². The second-order valence-corrected chi connectivity index (χ2v) is 11.0. The highest BCUT2D eigenvalue weighted by Gasteiger charge is 2.17. The number of rotatable bonds is 5. The second-order valence-electron chi connectivity index (χ2n) is 10.1. The van der Waals surface area contributed by atoms with Crippen molar-refractivity contribution in [3.8, 4) is 16.8 Å². The summed E-state index contributed by atoms with van der Waals surface area (Å²) in [5.41, 5.74) is 10.6. The number of halogens is 1. The van der Waals surface area contributed by atoms with Crippen LogP contribution in [0, 0.1) is 6.92 Å². The first kappa shape index (κ1) is 24.4. The third-order valence-electron chi connectivity index (χ3n) is 7.52. The normalized spacial score (nSPS) is 11.2. The molecule has 0 fully saturated rings. The molecule has 2 nitrogen and oxygen atoms in total. The standard InChI is InChI=1S/C37H27BrN2/c1-26-11-19-31(20-12-26)39(32-21-15-28(16-22-32)27-13-17-29(38)18-14-27)33-23-24-37-35(25-33)34-9-5-6-10-36(34)40(37)30-7-3-2-4-8-30/h2-25H,1H3. The van der Waals surface area contributed by atoms with E-state index in [0.717, 1.165) is 21.5 Å². The van der Waals surface area contributed by atoms with Gasteiger partial charge in [-0.25, -0.2) is 0 Å². The first-order chi connectivity index (χ1) is 19.7. The number of nitrogens with zero attached hydrogens (tertiary/aromatic N) is 2. The Morgan fingerprint density at radius 3 is 1.75 bits per heavy atom. The van der Waals surface area contributed by atoms with Crippen molar-refractivity contribution in [2.24, 2.45) is 0 Å². The van der Waals surface area contributed by atoms with Crippen molar-refractivity contribution in [1.29, 1.82) is 0 Å². The molecule has 7 aromatic rings. The number of fused-ring (bicyclic) bond motifs is 3. The first-order valence-electron chi connectivity index (χ1n) is 13.5. The number of hydrogen-bond acceptors (Lipinski definition) is 1. The minimum atomic E-state index is 1.09. The Morgan fingerprint density at radius 1 is 0.500 bits per heavy atom. The quantitative estimate of drug-likeness (QED) is 0.197. The average molecular weight is 580 g/mol. The second kappa shape index (κ2) is 10.2. The van der Waals surface area contributed by atoms with Crippen LogP contribution in [0.15, 0.2) is 150 Å². The van der Waals surface area contributed by atoms with Gasteiger partial charge in [0.05, 0.1) is 11.0 Å². The molecule has 192 valence electrons. The summed E-state index contributed by atoms with van der Waals surface area (Å²) in [4.78, 5) is 2.35. The maximum absolute atomic E-state index is 3.54. The molecule has 7 rings (SSSR count). The van der Waals surface area contributed by atoms with E-state index in [2.05, 4.69) is 178 Å². The Kier molecular flexibility index (Phi) is 6.22. The zero-order valence-corrected chi connectivity index (χ0v) is 23.7. The molecule has 0 aliphatic rings. The van der Waals surface area contributed by atoms with Gasteiger partial charge in [0.25, 0.3) is 0 Å². The van der Waals surface area contributed by atoms with Gasteiger partial charge in [-0.05, 0) is 90.8 Å². The molecule has 0 saturated carbocycles. The van der Waals surface area contributed by atoms with Gasteiger partial charge >= 0.3 is 0 Å². The van der Waals surface area contributed by atoms with Crippen LogP contribution in [0.3, 0.4) is 0 Å². The molecule has 6 aromatic carbocycles. The van der Waals surface area contributed by atoms with Crippen LogP contribution in [-0.2, 0) is 0 Å². The van der Waals surface area contributed by atoms with Gasteiger partial charge < -0.3 is 9.47 Å². The van der Waals surface area contributed by atoms with Crippen molar-refractivity contribution >= 4 is 54.8 Å². The molecule has 40 heavy (non-hydrogen) atoms. The molecule has 0 radical (unpaired) electrons. The maximum atomic E-state index is 3.54. The van der Waals surface area contributed by atoms with Crippen LogP contribution < -0.4 is 4.90 Å². The maximum Gasteiger partial charge on any atom is 0.0542 e. The van der Waals surface area contributed by atoms with Gasteiger partial charge in [0.15, 0.2) is 0 Å². The van der Waals surface area contributed by atoms with Crippen molar-refractivity contribution < 1.29 is 0 Å². The van der Waals surface area contributed by atoms with E-state index in [9.17, 15) is 0 Å². The molecule has 0 aliphatic carbocycles. The van der Waals surface area contributed by atoms with Crippen molar-refractivity contribution in [3.63, 3.8) is 0 Å². The fourth-order valence-corrected chi connectivity index (χ4v) is 5.81. The Balaban J connectivity index is 1.39. The van der Waals surface area contributed by atoms with Gasteiger partial charge in [-0.3, -0.25) is 0 Å². The van der Waals surface area contributed by atoms with E-state index in [4.69, 9.17) is 0 Å². The Hall–Kier alpha value is -4.60.